The van der Waals surface area contributed by atoms with Gasteiger partial charge in [-0.1, -0.05) is 32.0 Å². The van der Waals surface area contributed by atoms with Crippen molar-refractivity contribution in [3.05, 3.63) is 65.5 Å². The van der Waals surface area contributed by atoms with E-state index >= 15 is 0 Å². The van der Waals surface area contributed by atoms with Crippen LogP contribution in [0.2, 0.25) is 0 Å². The average molecular weight is 372 g/mol. The Morgan fingerprint density at radius 2 is 1.96 bits per heavy atom. The van der Waals surface area contributed by atoms with Gasteiger partial charge >= 0.3 is 6.09 Å². The molecule has 1 atom stereocenters. The highest BCUT2D eigenvalue weighted by atomic mass is 19.1. The largest absolute Gasteiger partial charge is 0.489 e. The summed E-state index contributed by atoms with van der Waals surface area (Å²) in [5, 5.41) is 1.09. The first-order valence-electron chi connectivity index (χ1n) is 8.70. The van der Waals surface area contributed by atoms with Crippen molar-refractivity contribution in [2.24, 2.45) is 0 Å². The van der Waals surface area contributed by atoms with Gasteiger partial charge in [-0.05, 0) is 41.8 Å². The summed E-state index contributed by atoms with van der Waals surface area (Å²) in [7, 11) is 0. The minimum Gasteiger partial charge on any atom is -0.489 e. The van der Waals surface area contributed by atoms with Crippen molar-refractivity contribution in [2.75, 3.05) is 13.2 Å². The lowest BCUT2D eigenvalue weighted by molar-refractivity contribution is 0.0823. The molecule has 1 aliphatic rings. The van der Waals surface area contributed by atoms with Gasteiger partial charge in [0.25, 0.3) is 5.91 Å². The fourth-order valence-corrected chi connectivity index (χ4v) is 2.76. The van der Waals surface area contributed by atoms with Gasteiger partial charge in [0.1, 0.15) is 18.2 Å². The van der Waals surface area contributed by atoms with Crippen molar-refractivity contribution < 1.29 is 23.5 Å². The Labute approximate surface area is 156 Å². The summed E-state index contributed by atoms with van der Waals surface area (Å²) in [6.07, 6.45) is -1.16. The lowest BCUT2D eigenvalue weighted by Crippen LogP contribution is -2.43. The predicted octanol–water partition coefficient (Wildman–Crippen LogP) is 3.49. The lowest BCUT2D eigenvalue weighted by Gasteiger charge is -2.16. The van der Waals surface area contributed by atoms with Crippen LogP contribution in [0.1, 0.15) is 35.7 Å². The Hall–Kier alpha value is -3.09. The molecular weight excluding hydrogens is 351 g/mol. The number of hydrogen-bond acceptors (Lipinski definition) is 4. The molecule has 1 fully saturated rings. The van der Waals surface area contributed by atoms with E-state index in [4.69, 9.17) is 9.47 Å². The smallest absolute Gasteiger partial charge is 0.429 e. The van der Waals surface area contributed by atoms with Crippen LogP contribution in [0, 0.1) is 5.82 Å². The highest BCUT2D eigenvalue weighted by Crippen LogP contribution is 2.26. The molecule has 2 amide bonds. The van der Waals surface area contributed by atoms with Gasteiger partial charge in [-0.2, -0.15) is 0 Å². The summed E-state index contributed by atoms with van der Waals surface area (Å²) in [4.78, 5) is 24.1. The predicted molar refractivity (Wildman–Crippen MR) is 96.9 cm³/mol. The molecule has 27 heavy (non-hydrogen) atoms. The zero-order valence-corrected chi connectivity index (χ0v) is 15.1. The van der Waals surface area contributed by atoms with Gasteiger partial charge in [0, 0.05) is 5.56 Å². The first kappa shape index (κ1) is 18.7. The van der Waals surface area contributed by atoms with Crippen LogP contribution in [0.4, 0.5) is 9.18 Å². The normalized spacial score (nSPS) is 16.4. The summed E-state index contributed by atoms with van der Waals surface area (Å²) in [6, 6.07) is 12.8. The molecule has 0 spiro atoms. The summed E-state index contributed by atoms with van der Waals surface area (Å²) < 4.78 is 24.0. The maximum Gasteiger partial charge on any atom is 0.429 e. The number of benzene rings is 2. The fraction of sp³-hybridized carbons (Fsp3) is 0.300. The zero-order valence-electron chi connectivity index (χ0n) is 15.1. The maximum atomic E-state index is 12.9. The van der Waals surface area contributed by atoms with E-state index in [2.05, 4.69) is 19.3 Å². The minimum absolute atomic E-state index is 0.162. The van der Waals surface area contributed by atoms with Crippen molar-refractivity contribution >= 4 is 12.0 Å². The highest BCUT2D eigenvalue weighted by molar-refractivity contribution is 5.95. The van der Waals surface area contributed by atoms with Gasteiger partial charge in [0.2, 0.25) is 0 Å². The first-order chi connectivity index (χ1) is 12.9. The molecule has 142 valence electrons. The molecule has 0 aliphatic carbocycles. The van der Waals surface area contributed by atoms with E-state index in [1.54, 1.807) is 0 Å². The second-order valence-corrected chi connectivity index (χ2v) is 6.57. The Morgan fingerprint density at radius 1 is 1.26 bits per heavy atom. The van der Waals surface area contributed by atoms with Crippen LogP contribution in [0.5, 0.6) is 5.75 Å². The Morgan fingerprint density at radius 3 is 2.67 bits per heavy atom. The topological polar surface area (TPSA) is 67.9 Å². The summed E-state index contributed by atoms with van der Waals surface area (Å²) >= 11 is 0. The lowest BCUT2D eigenvalue weighted by atomic mass is 10.0. The SMILES string of the molecule is CC(C)c1ccccc1OC[C@@H]1CN(NC(=O)c2ccc(F)cc2)C(=O)O1. The van der Waals surface area contributed by atoms with E-state index in [0.717, 1.165) is 16.3 Å². The van der Waals surface area contributed by atoms with Crippen LogP contribution in [0.3, 0.4) is 0 Å². The number of cyclic esters (lactones) is 1. The van der Waals surface area contributed by atoms with Crippen LogP contribution in [0.25, 0.3) is 0 Å². The van der Waals surface area contributed by atoms with Crippen molar-refractivity contribution in [1.82, 2.24) is 10.4 Å². The molecule has 3 rings (SSSR count). The number of rotatable bonds is 6. The number of hydrazine groups is 1. The van der Waals surface area contributed by atoms with Crippen molar-refractivity contribution in [1.29, 1.82) is 0 Å². The van der Waals surface area contributed by atoms with E-state index in [1.165, 1.54) is 24.3 Å². The van der Waals surface area contributed by atoms with E-state index in [-0.39, 0.29) is 18.7 Å². The van der Waals surface area contributed by atoms with Crippen LogP contribution in [-0.2, 0) is 4.74 Å². The Bertz CT molecular complexity index is 823. The van der Waals surface area contributed by atoms with Crippen LogP contribution in [-0.4, -0.2) is 36.3 Å². The van der Waals surface area contributed by atoms with E-state index in [0.29, 0.717) is 5.92 Å². The molecule has 0 bridgehead atoms. The van der Waals surface area contributed by atoms with Gasteiger partial charge in [-0.25, -0.2) is 14.2 Å². The van der Waals surface area contributed by atoms with Crippen LogP contribution < -0.4 is 10.2 Å². The average Bonchev–Trinajstić information content (AvgIpc) is 3.00. The van der Waals surface area contributed by atoms with Crippen LogP contribution >= 0.6 is 0 Å². The molecule has 0 aromatic heterocycles. The van der Waals surface area contributed by atoms with E-state index in [1.807, 2.05) is 24.3 Å². The molecule has 2 aromatic rings. The highest BCUT2D eigenvalue weighted by Gasteiger charge is 2.33. The van der Waals surface area contributed by atoms with Crippen molar-refractivity contribution in [3.63, 3.8) is 0 Å². The molecule has 6 nitrogen and oxygen atoms in total. The molecule has 0 unspecified atom stereocenters. The number of ether oxygens (including phenoxy) is 2. The monoisotopic (exact) mass is 372 g/mol. The van der Waals surface area contributed by atoms with Crippen molar-refractivity contribution in [3.8, 4) is 5.75 Å². The number of nitrogens with zero attached hydrogens (tertiary/aromatic N) is 1. The number of carbonyl (C=O) groups excluding carboxylic acids is 2. The van der Waals surface area contributed by atoms with Gasteiger partial charge < -0.3 is 9.47 Å². The number of carbonyl (C=O) groups is 2. The second kappa shape index (κ2) is 8.07. The number of halogens is 1. The fourth-order valence-electron chi connectivity index (χ4n) is 2.76. The van der Waals surface area contributed by atoms with E-state index in [9.17, 15) is 14.0 Å². The summed E-state index contributed by atoms with van der Waals surface area (Å²) in [5.41, 5.74) is 3.78. The molecule has 2 aromatic carbocycles. The molecule has 1 aliphatic heterocycles. The quantitative estimate of drug-likeness (QED) is 0.843. The Kier molecular flexibility index (Phi) is 5.59. The Balaban J connectivity index is 1.56. The summed E-state index contributed by atoms with van der Waals surface area (Å²) in [5.74, 6) is 0.0980. The second-order valence-electron chi connectivity index (χ2n) is 6.57. The van der Waals surface area contributed by atoms with Gasteiger partial charge in [-0.3, -0.25) is 10.2 Å². The first-order valence-corrected chi connectivity index (χ1v) is 8.70. The molecule has 7 heteroatoms. The third-order valence-corrected chi connectivity index (χ3v) is 4.18. The third-order valence-electron chi connectivity index (χ3n) is 4.18. The van der Waals surface area contributed by atoms with Gasteiger partial charge in [0.05, 0.1) is 6.54 Å². The third kappa shape index (κ3) is 4.55. The number of amides is 2. The molecule has 1 saturated heterocycles. The number of nitrogens with one attached hydrogen (secondary N) is 1. The molecule has 0 radical (unpaired) electrons. The van der Waals surface area contributed by atoms with Crippen molar-refractivity contribution in [2.45, 2.75) is 25.9 Å². The van der Waals surface area contributed by atoms with Gasteiger partial charge in [-0.15, -0.1) is 0 Å². The number of hydrogen-bond donors (Lipinski definition) is 1. The molecular formula is C20H21FN2O4. The molecule has 0 saturated carbocycles. The van der Waals surface area contributed by atoms with E-state index < -0.39 is 23.9 Å². The summed E-state index contributed by atoms with van der Waals surface area (Å²) in [6.45, 7) is 4.49. The number of para-hydroxylation sites is 1. The maximum absolute atomic E-state index is 12.9. The zero-order chi connectivity index (χ0) is 19.4. The molecule has 1 N–H and O–H groups in total. The van der Waals surface area contributed by atoms with Crippen LogP contribution in [0.15, 0.2) is 48.5 Å². The molecule has 1 heterocycles. The standard InChI is InChI=1S/C20H21FN2O4/c1-13(2)17-5-3-4-6-18(17)26-12-16-11-23(20(25)27-16)22-19(24)14-7-9-15(21)10-8-14/h3-10,13,16H,11-12H2,1-2H3,(H,22,24)/t16-/m0/s1. The minimum atomic E-state index is -0.656. The van der Waals surface area contributed by atoms with Gasteiger partial charge in [0.15, 0.2) is 6.10 Å².